The second-order valence-corrected chi connectivity index (χ2v) is 10.3. The molecule has 0 fully saturated rings. The van der Waals surface area contributed by atoms with Gasteiger partial charge in [-0.05, 0) is 6.42 Å². The van der Waals surface area contributed by atoms with E-state index in [1.165, 1.54) is 77.0 Å². The molecule has 0 spiro atoms. The molecule has 0 bridgehead atoms. The van der Waals surface area contributed by atoms with Crippen molar-refractivity contribution in [1.82, 2.24) is 0 Å². The van der Waals surface area contributed by atoms with Crippen LogP contribution in [0.4, 0.5) is 0 Å². The van der Waals surface area contributed by atoms with Gasteiger partial charge in [-0.3, -0.25) is 0 Å². The summed E-state index contributed by atoms with van der Waals surface area (Å²) in [6.07, 6.45) is 18.1. The van der Waals surface area contributed by atoms with Gasteiger partial charge in [0.2, 0.25) is 8.27 Å². The van der Waals surface area contributed by atoms with E-state index in [0.717, 1.165) is 12.8 Å². The lowest BCUT2D eigenvalue weighted by molar-refractivity contribution is 0.537. The summed E-state index contributed by atoms with van der Waals surface area (Å²) in [5.41, 5.74) is 0. The third-order valence-corrected chi connectivity index (χ3v) is 5.49. The Morgan fingerprint density at radius 3 is 1.20 bits per heavy atom. The molecule has 0 aliphatic rings. The molecule has 0 aromatic heterocycles. The minimum absolute atomic E-state index is 0.283. The molecule has 0 aromatic carbocycles. The van der Waals surface area contributed by atoms with Crippen LogP contribution in [0.2, 0.25) is 0 Å². The van der Waals surface area contributed by atoms with E-state index >= 15 is 0 Å². The second-order valence-electron chi connectivity index (χ2n) is 5.84. The maximum absolute atomic E-state index is 10.9. The molecule has 0 amide bonds. The molecular weight excluding hydrogens is 336 g/mol. The summed E-state index contributed by atoms with van der Waals surface area (Å²) in [7, 11) is -2.93. The zero-order valence-electron chi connectivity index (χ0n) is 13.2. The number of halogens is 1. The van der Waals surface area contributed by atoms with Crippen molar-refractivity contribution >= 4 is 23.1 Å². The Morgan fingerprint density at radius 2 is 0.900 bits per heavy atom. The van der Waals surface area contributed by atoms with Gasteiger partial charge in [-0.25, -0.2) is 8.42 Å². The lowest BCUT2D eigenvalue weighted by Gasteiger charge is -2.03. The summed E-state index contributed by atoms with van der Waals surface area (Å²) in [6, 6.07) is 0. The van der Waals surface area contributed by atoms with E-state index in [-0.39, 0.29) is 5.75 Å². The first kappa shape index (κ1) is 20.4. The number of unbranched alkanes of at least 4 members (excludes halogenated alkanes) is 13. The predicted octanol–water partition coefficient (Wildman–Crippen LogP) is 6.19. The maximum Gasteiger partial charge on any atom is 0.209 e. The predicted molar refractivity (Wildman–Crippen MR) is 93.0 cm³/mol. The van der Waals surface area contributed by atoms with Crippen LogP contribution in [0.15, 0.2) is 0 Å². The fourth-order valence-electron chi connectivity index (χ4n) is 2.47. The van der Waals surface area contributed by atoms with E-state index in [9.17, 15) is 8.42 Å². The highest BCUT2D eigenvalue weighted by molar-refractivity contribution is 9.47. The number of hydrogen-bond acceptors (Lipinski definition) is 2. The molecule has 0 saturated carbocycles. The molecule has 0 aliphatic heterocycles. The third kappa shape index (κ3) is 18.4. The largest absolute Gasteiger partial charge is 0.217 e. The molecule has 0 heterocycles. The van der Waals surface area contributed by atoms with Crippen molar-refractivity contribution in [3.8, 4) is 0 Å². The minimum Gasteiger partial charge on any atom is -0.217 e. The van der Waals surface area contributed by atoms with Gasteiger partial charge < -0.3 is 0 Å². The molecule has 0 radical (unpaired) electrons. The first-order valence-corrected chi connectivity index (χ1v) is 12.0. The van der Waals surface area contributed by atoms with Crippen LogP contribution >= 0.6 is 14.8 Å². The summed E-state index contributed by atoms with van der Waals surface area (Å²) in [5, 5.41) is 0. The minimum atomic E-state index is -2.93. The van der Waals surface area contributed by atoms with Gasteiger partial charge in [0.15, 0.2) is 0 Å². The molecule has 0 rings (SSSR count). The van der Waals surface area contributed by atoms with Gasteiger partial charge in [-0.15, -0.1) is 0 Å². The normalized spacial score (nSPS) is 11.9. The highest BCUT2D eigenvalue weighted by Crippen LogP contribution is 2.13. The molecule has 0 atom stereocenters. The summed E-state index contributed by atoms with van der Waals surface area (Å²) in [6.45, 7) is 2.26. The SMILES string of the molecule is CCCCCCCCCCCCCCCCS(=O)(=O)Br. The molecule has 0 aromatic rings. The monoisotopic (exact) mass is 368 g/mol. The van der Waals surface area contributed by atoms with Crippen LogP contribution in [-0.2, 0) is 8.27 Å². The van der Waals surface area contributed by atoms with E-state index in [1.54, 1.807) is 0 Å². The molecule has 0 unspecified atom stereocenters. The van der Waals surface area contributed by atoms with Gasteiger partial charge in [0, 0.05) is 0 Å². The molecule has 0 N–H and O–H groups in total. The quantitative estimate of drug-likeness (QED) is 0.255. The summed E-state index contributed by atoms with van der Waals surface area (Å²) >= 11 is 2.69. The number of hydrogen-bond donors (Lipinski definition) is 0. The fourth-order valence-corrected chi connectivity index (χ4v) is 3.70. The van der Waals surface area contributed by atoms with Gasteiger partial charge >= 0.3 is 0 Å². The van der Waals surface area contributed by atoms with Crippen LogP contribution in [0, 0.1) is 0 Å². The Hall–Kier alpha value is 0.430. The van der Waals surface area contributed by atoms with Gasteiger partial charge in [0.1, 0.15) is 0 Å². The Balaban J connectivity index is 3.03. The molecule has 4 heteroatoms. The van der Waals surface area contributed by atoms with Crippen molar-refractivity contribution in [3.05, 3.63) is 0 Å². The number of rotatable bonds is 15. The van der Waals surface area contributed by atoms with Crippen molar-refractivity contribution in [1.29, 1.82) is 0 Å². The smallest absolute Gasteiger partial charge is 0.209 e. The summed E-state index contributed by atoms with van der Waals surface area (Å²) in [5.74, 6) is 0.283. The Morgan fingerprint density at radius 1 is 0.600 bits per heavy atom. The summed E-state index contributed by atoms with van der Waals surface area (Å²) < 4.78 is 21.7. The first-order valence-electron chi connectivity index (χ1n) is 8.48. The van der Waals surface area contributed by atoms with Crippen molar-refractivity contribution in [2.75, 3.05) is 5.75 Å². The molecule has 20 heavy (non-hydrogen) atoms. The molecule has 0 aliphatic carbocycles. The molecule has 0 saturated heterocycles. The second kappa shape index (κ2) is 14.4. The van der Waals surface area contributed by atoms with Crippen molar-refractivity contribution < 1.29 is 8.42 Å². The lowest BCUT2D eigenvalue weighted by Crippen LogP contribution is -1.95. The van der Waals surface area contributed by atoms with Crippen LogP contribution in [-0.4, -0.2) is 14.2 Å². The van der Waals surface area contributed by atoms with Crippen LogP contribution in [0.25, 0.3) is 0 Å². The highest BCUT2D eigenvalue weighted by atomic mass is 79.9. The zero-order chi connectivity index (χ0) is 15.1. The lowest BCUT2D eigenvalue weighted by atomic mass is 10.0. The average molecular weight is 369 g/mol. The molecule has 122 valence electrons. The fraction of sp³-hybridized carbons (Fsp3) is 1.00. The zero-order valence-corrected chi connectivity index (χ0v) is 15.6. The van der Waals surface area contributed by atoms with Crippen molar-refractivity contribution in [2.24, 2.45) is 0 Å². The van der Waals surface area contributed by atoms with E-state index in [4.69, 9.17) is 0 Å². The molecular formula is C16H33BrO2S. The Kier molecular flexibility index (Phi) is 14.7. The van der Waals surface area contributed by atoms with E-state index in [2.05, 4.69) is 21.7 Å². The van der Waals surface area contributed by atoms with E-state index < -0.39 is 8.27 Å². The van der Waals surface area contributed by atoms with Gasteiger partial charge in [-0.1, -0.05) is 90.4 Å². The maximum atomic E-state index is 10.9. The Bertz CT molecular complexity index is 289. The van der Waals surface area contributed by atoms with Gasteiger partial charge in [-0.2, -0.15) is 0 Å². The van der Waals surface area contributed by atoms with Crippen LogP contribution < -0.4 is 0 Å². The molecule has 2 nitrogen and oxygen atoms in total. The Labute approximate surface area is 134 Å². The van der Waals surface area contributed by atoms with Gasteiger partial charge in [0.05, 0.1) is 20.6 Å². The van der Waals surface area contributed by atoms with Gasteiger partial charge in [0.25, 0.3) is 0 Å². The average Bonchev–Trinajstić information content (AvgIpc) is 2.38. The van der Waals surface area contributed by atoms with E-state index in [1.807, 2.05) is 0 Å². The van der Waals surface area contributed by atoms with Crippen molar-refractivity contribution in [3.63, 3.8) is 0 Å². The highest BCUT2D eigenvalue weighted by Gasteiger charge is 2.02. The summed E-state index contributed by atoms with van der Waals surface area (Å²) in [4.78, 5) is 0. The van der Waals surface area contributed by atoms with Crippen LogP contribution in [0.5, 0.6) is 0 Å². The third-order valence-electron chi connectivity index (χ3n) is 3.74. The first-order chi connectivity index (χ1) is 9.56. The van der Waals surface area contributed by atoms with Crippen LogP contribution in [0.3, 0.4) is 0 Å². The van der Waals surface area contributed by atoms with Crippen LogP contribution in [0.1, 0.15) is 96.8 Å². The van der Waals surface area contributed by atoms with Crippen molar-refractivity contribution in [2.45, 2.75) is 96.8 Å². The standard InChI is InChI=1S/C16H33BrO2S/c1-2-3-4-5-6-7-8-9-10-11-12-13-14-15-16-20(17,18)19/h2-16H2,1H3. The topological polar surface area (TPSA) is 34.1 Å². The van der Waals surface area contributed by atoms with E-state index in [0.29, 0.717) is 0 Å².